The fraction of sp³-hybridized carbons (Fsp3) is 0.462. The number of rotatable bonds is 5. The molecule has 1 aromatic carbocycles. The zero-order valence-corrected chi connectivity index (χ0v) is 11.9. The Morgan fingerprint density at radius 3 is 2.33 bits per heavy atom. The van der Waals surface area contributed by atoms with Crippen molar-refractivity contribution in [2.45, 2.75) is 24.7 Å². The van der Waals surface area contributed by atoms with Crippen molar-refractivity contribution in [3.05, 3.63) is 22.2 Å². The SMILES string of the molecule is COc1cc(Br)c(C2(CC(=O)O)CC2)cc1OC. The number of carbonyl (C=O) groups is 1. The zero-order chi connectivity index (χ0) is 13.3. The highest BCUT2D eigenvalue weighted by Crippen LogP contribution is 2.54. The molecular weight excluding hydrogens is 300 g/mol. The Morgan fingerprint density at radius 2 is 1.89 bits per heavy atom. The third kappa shape index (κ3) is 2.32. The van der Waals surface area contributed by atoms with E-state index in [-0.39, 0.29) is 11.8 Å². The van der Waals surface area contributed by atoms with Gasteiger partial charge in [-0.2, -0.15) is 0 Å². The van der Waals surface area contributed by atoms with Crippen LogP contribution in [0.4, 0.5) is 0 Å². The van der Waals surface area contributed by atoms with Gasteiger partial charge in [0.2, 0.25) is 0 Å². The molecule has 0 atom stereocenters. The standard InChI is InChI=1S/C13H15BrO4/c1-17-10-5-8(9(14)6-11(10)18-2)13(3-4-13)7-12(15)16/h5-6H,3-4,7H2,1-2H3,(H,15,16). The normalized spacial score (nSPS) is 16.2. The van der Waals surface area contributed by atoms with Crippen LogP contribution in [0.2, 0.25) is 0 Å². The first-order valence-electron chi connectivity index (χ1n) is 5.66. The van der Waals surface area contributed by atoms with Crippen LogP contribution in [0, 0.1) is 0 Å². The van der Waals surface area contributed by atoms with Gasteiger partial charge in [-0.25, -0.2) is 0 Å². The summed E-state index contributed by atoms with van der Waals surface area (Å²) in [4.78, 5) is 10.9. The van der Waals surface area contributed by atoms with Crippen molar-refractivity contribution in [2.24, 2.45) is 0 Å². The van der Waals surface area contributed by atoms with Crippen LogP contribution in [0.3, 0.4) is 0 Å². The van der Waals surface area contributed by atoms with Gasteiger partial charge in [-0.1, -0.05) is 15.9 Å². The highest BCUT2D eigenvalue weighted by molar-refractivity contribution is 9.10. The summed E-state index contributed by atoms with van der Waals surface area (Å²) in [6, 6.07) is 3.70. The summed E-state index contributed by atoms with van der Waals surface area (Å²) in [5.74, 6) is 0.501. The molecule has 1 aromatic rings. The quantitative estimate of drug-likeness (QED) is 0.907. The summed E-state index contributed by atoms with van der Waals surface area (Å²) in [7, 11) is 3.15. The number of aliphatic carboxylic acids is 1. The third-order valence-electron chi connectivity index (χ3n) is 3.39. The Morgan fingerprint density at radius 1 is 1.33 bits per heavy atom. The monoisotopic (exact) mass is 314 g/mol. The van der Waals surface area contributed by atoms with E-state index in [2.05, 4.69) is 15.9 Å². The van der Waals surface area contributed by atoms with Crippen LogP contribution in [0.15, 0.2) is 16.6 Å². The van der Waals surface area contributed by atoms with Crippen molar-refractivity contribution in [1.82, 2.24) is 0 Å². The molecule has 4 nitrogen and oxygen atoms in total. The van der Waals surface area contributed by atoms with E-state index < -0.39 is 5.97 Å². The molecule has 18 heavy (non-hydrogen) atoms. The van der Waals surface area contributed by atoms with Crippen molar-refractivity contribution >= 4 is 21.9 Å². The van der Waals surface area contributed by atoms with E-state index in [1.807, 2.05) is 12.1 Å². The van der Waals surface area contributed by atoms with E-state index in [1.165, 1.54) is 0 Å². The summed E-state index contributed by atoms with van der Waals surface area (Å²) in [5, 5.41) is 9.00. The third-order valence-corrected chi connectivity index (χ3v) is 4.04. The summed E-state index contributed by atoms with van der Waals surface area (Å²) in [6.07, 6.45) is 1.95. The number of ether oxygens (including phenoxy) is 2. The maximum absolute atomic E-state index is 10.9. The van der Waals surface area contributed by atoms with Crippen LogP contribution in [0.1, 0.15) is 24.8 Å². The van der Waals surface area contributed by atoms with Crippen LogP contribution >= 0.6 is 15.9 Å². The first-order chi connectivity index (χ1) is 8.52. The molecule has 0 unspecified atom stereocenters. The van der Waals surface area contributed by atoms with Gasteiger partial charge in [-0.3, -0.25) is 4.79 Å². The number of hydrogen-bond acceptors (Lipinski definition) is 3. The molecule has 1 N–H and O–H groups in total. The first-order valence-corrected chi connectivity index (χ1v) is 6.45. The van der Waals surface area contributed by atoms with Crippen LogP contribution in [0.25, 0.3) is 0 Å². The summed E-state index contributed by atoms with van der Waals surface area (Å²) < 4.78 is 11.4. The minimum absolute atomic E-state index is 0.154. The molecule has 0 radical (unpaired) electrons. The molecule has 98 valence electrons. The number of carboxylic acid groups (broad SMARTS) is 1. The molecule has 1 saturated carbocycles. The number of carboxylic acids is 1. The maximum atomic E-state index is 10.9. The maximum Gasteiger partial charge on any atom is 0.304 e. The molecule has 1 aliphatic rings. The lowest BCUT2D eigenvalue weighted by Crippen LogP contribution is -2.14. The van der Waals surface area contributed by atoms with E-state index in [4.69, 9.17) is 14.6 Å². The van der Waals surface area contributed by atoms with Crippen molar-refractivity contribution in [1.29, 1.82) is 0 Å². The van der Waals surface area contributed by atoms with Gasteiger partial charge in [-0.05, 0) is 30.5 Å². The molecule has 1 fully saturated rings. The van der Waals surface area contributed by atoms with Gasteiger partial charge in [0, 0.05) is 9.89 Å². The predicted molar refractivity (Wildman–Crippen MR) is 70.4 cm³/mol. The molecule has 2 rings (SSSR count). The summed E-state index contributed by atoms with van der Waals surface area (Å²) in [6.45, 7) is 0. The van der Waals surface area contributed by atoms with Crippen LogP contribution in [0.5, 0.6) is 11.5 Å². The lowest BCUT2D eigenvalue weighted by molar-refractivity contribution is -0.137. The van der Waals surface area contributed by atoms with E-state index in [1.54, 1.807) is 14.2 Å². The van der Waals surface area contributed by atoms with Gasteiger partial charge in [0.1, 0.15) is 0 Å². The summed E-state index contributed by atoms with van der Waals surface area (Å²) >= 11 is 3.49. The fourth-order valence-electron chi connectivity index (χ4n) is 2.24. The number of hydrogen-bond donors (Lipinski definition) is 1. The summed E-state index contributed by atoms with van der Waals surface area (Å²) in [5.41, 5.74) is 0.743. The Hall–Kier alpha value is -1.23. The van der Waals surface area contributed by atoms with E-state index in [0.717, 1.165) is 22.9 Å². The second-order valence-electron chi connectivity index (χ2n) is 4.54. The predicted octanol–water partition coefficient (Wildman–Crippen LogP) is 2.97. The lowest BCUT2D eigenvalue weighted by atomic mass is 9.92. The second-order valence-corrected chi connectivity index (χ2v) is 5.39. The van der Waals surface area contributed by atoms with Gasteiger partial charge in [0.25, 0.3) is 0 Å². The molecule has 0 bridgehead atoms. The largest absolute Gasteiger partial charge is 0.493 e. The van der Waals surface area contributed by atoms with Crippen LogP contribution < -0.4 is 9.47 Å². The molecule has 1 aliphatic carbocycles. The lowest BCUT2D eigenvalue weighted by Gasteiger charge is -2.18. The molecule has 5 heteroatoms. The van der Waals surface area contributed by atoms with Gasteiger partial charge < -0.3 is 14.6 Å². The van der Waals surface area contributed by atoms with Crippen LogP contribution in [-0.2, 0) is 10.2 Å². The molecular formula is C13H15BrO4. The number of benzene rings is 1. The van der Waals surface area contributed by atoms with Gasteiger partial charge >= 0.3 is 5.97 Å². The first kappa shape index (κ1) is 13.2. The number of halogens is 1. The van der Waals surface area contributed by atoms with Crippen molar-refractivity contribution in [3.8, 4) is 11.5 Å². The topological polar surface area (TPSA) is 55.8 Å². The van der Waals surface area contributed by atoms with Gasteiger partial charge in [0.05, 0.1) is 20.6 Å². The molecule has 0 saturated heterocycles. The molecule has 0 aromatic heterocycles. The smallest absolute Gasteiger partial charge is 0.304 e. The average Bonchev–Trinajstić information content (AvgIpc) is 3.08. The Balaban J connectivity index is 2.42. The zero-order valence-electron chi connectivity index (χ0n) is 10.3. The molecule has 0 spiro atoms. The van der Waals surface area contributed by atoms with Gasteiger partial charge in [0.15, 0.2) is 11.5 Å². The van der Waals surface area contributed by atoms with Crippen molar-refractivity contribution < 1.29 is 19.4 Å². The average molecular weight is 315 g/mol. The molecule has 0 heterocycles. The second kappa shape index (κ2) is 4.80. The van der Waals surface area contributed by atoms with Crippen molar-refractivity contribution in [2.75, 3.05) is 14.2 Å². The highest BCUT2D eigenvalue weighted by atomic mass is 79.9. The van der Waals surface area contributed by atoms with E-state index in [9.17, 15) is 4.79 Å². The Kier molecular flexibility index (Phi) is 3.52. The van der Waals surface area contributed by atoms with E-state index >= 15 is 0 Å². The van der Waals surface area contributed by atoms with Crippen molar-refractivity contribution in [3.63, 3.8) is 0 Å². The minimum atomic E-state index is -0.769. The van der Waals surface area contributed by atoms with E-state index in [0.29, 0.717) is 11.5 Å². The van der Waals surface area contributed by atoms with Crippen LogP contribution in [-0.4, -0.2) is 25.3 Å². The van der Waals surface area contributed by atoms with Gasteiger partial charge in [-0.15, -0.1) is 0 Å². The Bertz CT molecular complexity index is 480. The Labute approximate surface area is 114 Å². The fourth-order valence-corrected chi connectivity index (χ4v) is 2.99. The number of methoxy groups -OCH3 is 2. The highest BCUT2D eigenvalue weighted by Gasteiger charge is 2.47. The molecule has 0 aliphatic heterocycles. The molecule has 0 amide bonds. The minimum Gasteiger partial charge on any atom is -0.493 e.